The number of likely N-dealkylation sites (tertiary alicyclic amines) is 1. The second-order valence-corrected chi connectivity index (χ2v) is 10.3. The Labute approximate surface area is 174 Å². The average molecular weight is 475 g/mol. The van der Waals surface area contributed by atoms with Gasteiger partial charge < -0.3 is 9.64 Å². The highest BCUT2D eigenvalue weighted by Gasteiger charge is 2.36. The average Bonchev–Trinajstić information content (AvgIpc) is 3.12. The van der Waals surface area contributed by atoms with Gasteiger partial charge in [0.2, 0.25) is 0 Å². The minimum absolute atomic E-state index is 0.0602. The van der Waals surface area contributed by atoms with Gasteiger partial charge in [-0.2, -0.15) is 13.2 Å². The summed E-state index contributed by atoms with van der Waals surface area (Å²) in [5.74, 6) is -0.421. The Morgan fingerprint density at radius 2 is 2.00 bits per heavy atom. The number of halogens is 5. The van der Waals surface area contributed by atoms with E-state index in [9.17, 15) is 21.6 Å². The van der Waals surface area contributed by atoms with E-state index < -0.39 is 33.6 Å². The van der Waals surface area contributed by atoms with E-state index in [2.05, 4.69) is 4.72 Å². The summed E-state index contributed by atoms with van der Waals surface area (Å²) in [6, 6.07) is 4.04. The lowest BCUT2D eigenvalue weighted by atomic mass is 10.1. The zero-order valence-electron chi connectivity index (χ0n) is 14.4. The van der Waals surface area contributed by atoms with Gasteiger partial charge in [0, 0.05) is 19.2 Å². The van der Waals surface area contributed by atoms with Gasteiger partial charge >= 0.3 is 6.18 Å². The lowest BCUT2D eigenvalue weighted by Crippen LogP contribution is -2.23. The van der Waals surface area contributed by atoms with Gasteiger partial charge in [0.05, 0.1) is 16.3 Å². The Kier molecular flexibility index (Phi) is 6.07. The van der Waals surface area contributed by atoms with Crippen molar-refractivity contribution >= 4 is 50.2 Å². The van der Waals surface area contributed by atoms with Gasteiger partial charge in [-0.05, 0) is 31.7 Å². The number of nitrogens with zero attached hydrogens (tertiary/aromatic N) is 1. The van der Waals surface area contributed by atoms with Crippen molar-refractivity contribution in [3.63, 3.8) is 0 Å². The van der Waals surface area contributed by atoms with Gasteiger partial charge in [-0.15, -0.1) is 11.3 Å². The van der Waals surface area contributed by atoms with Crippen molar-refractivity contribution < 1.29 is 26.3 Å². The molecule has 0 radical (unpaired) electrons. The maximum absolute atomic E-state index is 13.3. The third-order valence-electron chi connectivity index (χ3n) is 4.07. The van der Waals surface area contributed by atoms with Crippen LogP contribution in [0.2, 0.25) is 9.36 Å². The zero-order chi connectivity index (χ0) is 20.7. The summed E-state index contributed by atoms with van der Waals surface area (Å²) in [6.45, 7) is 1.19. The number of alkyl halides is 3. The fourth-order valence-corrected chi connectivity index (χ4v) is 5.68. The Hall–Kier alpha value is -1.20. The van der Waals surface area contributed by atoms with Gasteiger partial charge in [-0.3, -0.25) is 4.72 Å². The molecular formula is C16H15Cl2F3N2O3S2. The van der Waals surface area contributed by atoms with Crippen molar-refractivity contribution in [3.8, 4) is 5.75 Å². The van der Waals surface area contributed by atoms with Gasteiger partial charge in [-0.1, -0.05) is 23.2 Å². The third kappa shape index (κ3) is 4.85. The molecule has 154 valence electrons. The summed E-state index contributed by atoms with van der Waals surface area (Å²) < 4.78 is 72.6. The molecule has 2 heterocycles. The van der Waals surface area contributed by atoms with Crippen LogP contribution in [0.1, 0.15) is 12.0 Å². The molecule has 0 unspecified atom stereocenters. The quantitative estimate of drug-likeness (QED) is 0.665. The molecule has 1 fully saturated rings. The van der Waals surface area contributed by atoms with Crippen LogP contribution in [0.25, 0.3) is 0 Å². The lowest BCUT2D eigenvalue weighted by Gasteiger charge is -2.19. The maximum atomic E-state index is 13.3. The van der Waals surface area contributed by atoms with E-state index in [0.717, 1.165) is 29.5 Å². The van der Waals surface area contributed by atoms with Crippen LogP contribution < -0.4 is 9.46 Å². The van der Waals surface area contributed by atoms with Crippen molar-refractivity contribution in [2.75, 3.05) is 24.9 Å². The van der Waals surface area contributed by atoms with Crippen LogP contribution in [0.4, 0.5) is 18.9 Å². The van der Waals surface area contributed by atoms with Crippen LogP contribution in [-0.4, -0.2) is 39.6 Å². The van der Waals surface area contributed by atoms with Crippen LogP contribution >= 0.6 is 34.5 Å². The molecule has 3 rings (SSSR count). The largest absolute Gasteiger partial charge is 0.488 e. The minimum Gasteiger partial charge on any atom is -0.488 e. The highest BCUT2D eigenvalue weighted by molar-refractivity contribution is 7.94. The van der Waals surface area contributed by atoms with Crippen molar-refractivity contribution in [1.29, 1.82) is 0 Å². The third-order valence-corrected chi connectivity index (χ3v) is 7.79. The fraction of sp³-hybridized carbons (Fsp3) is 0.375. The monoisotopic (exact) mass is 474 g/mol. The Morgan fingerprint density at radius 1 is 1.29 bits per heavy atom. The summed E-state index contributed by atoms with van der Waals surface area (Å²) in [7, 11) is -2.22. The molecule has 28 heavy (non-hydrogen) atoms. The van der Waals surface area contributed by atoms with Crippen molar-refractivity contribution in [2.45, 2.75) is 22.9 Å². The molecule has 1 atom stereocenters. The standard InChI is InChI=1S/C16H15Cl2F3N2O3S2/c1-23-5-4-10(8-23)26-13-6-9(2-3-11(13)16(19,20)21)22-28(24,25)14-7-12(17)15(18)27-14/h2-3,6-7,10,22H,4-5,8H2,1H3/t10-/m1/s1. The molecule has 1 aliphatic heterocycles. The SMILES string of the molecule is CN1CC[C@@H](Oc2cc(NS(=O)(=O)c3cc(Cl)c(Cl)s3)ccc2C(F)(F)F)C1. The molecule has 5 nitrogen and oxygen atoms in total. The van der Waals surface area contributed by atoms with Gasteiger partial charge in [0.1, 0.15) is 20.4 Å². The molecule has 1 saturated heterocycles. The fourth-order valence-electron chi connectivity index (χ4n) is 2.75. The van der Waals surface area contributed by atoms with Gasteiger partial charge in [-0.25, -0.2) is 8.42 Å². The number of benzene rings is 1. The topological polar surface area (TPSA) is 58.6 Å². The number of hydrogen-bond donors (Lipinski definition) is 1. The Balaban J connectivity index is 1.90. The van der Waals surface area contributed by atoms with Crippen LogP contribution in [0.3, 0.4) is 0 Å². The minimum atomic E-state index is -4.63. The summed E-state index contributed by atoms with van der Waals surface area (Å²) in [5, 5.41) is 0.0776. The molecule has 0 spiro atoms. The summed E-state index contributed by atoms with van der Waals surface area (Å²) in [5.41, 5.74) is -1.03. The van der Waals surface area contributed by atoms with Crippen LogP contribution in [-0.2, 0) is 16.2 Å². The highest BCUT2D eigenvalue weighted by Crippen LogP contribution is 2.40. The second-order valence-electron chi connectivity index (χ2n) is 6.29. The Bertz CT molecular complexity index is 960. The second kappa shape index (κ2) is 7.91. The first-order chi connectivity index (χ1) is 13.0. The number of likely N-dealkylation sites (N-methyl/N-ethyl adjacent to an activating group) is 1. The number of anilines is 1. The number of nitrogens with one attached hydrogen (secondary N) is 1. The van der Waals surface area contributed by atoms with E-state index in [1.807, 2.05) is 11.9 Å². The van der Waals surface area contributed by atoms with Gasteiger partial charge in [0.25, 0.3) is 10.0 Å². The number of sulfonamides is 1. The molecule has 0 aliphatic carbocycles. The molecule has 1 N–H and O–H groups in total. The van der Waals surface area contributed by atoms with E-state index in [1.54, 1.807) is 0 Å². The molecule has 2 aromatic rings. The van der Waals surface area contributed by atoms with Gasteiger partial charge in [0.15, 0.2) is 0 Å². The van der Waals surface area contributed by atoms with E-state index >= 15 is 0 Å². The molecule has 0 saturated carbocycles. The van der Waals surface area contributed by atoms with E-state index in [4.69, 9.17) is 27.9 Å². The maximum Gasteiger partial charge on any atom is 0.419 e. The molecule has 0 amide bonds. The van der Waals surface area contributed by atoms with Crippen LogP contribution in [0, 0.1) is 0 Å². The zero-order valence-corrected chi connectivity index (χ0v) is 17.5. The molecule has 0 bridgehead atoms. The Morgan fingerprint density at radius 3 is 2.54 bits per heavy atom. The van der Waals surface area contributed by atoms with E-state index in [0.29, 0.717) is 19.5 Å². The molecule has 12 heteroatoms. The van der Waals surface area contributed by atoms with Crippen LogP contribution in [0.15, 0.2) is 28.5 Å². The molecule has 1 aliphatic rings. The first-order valence-electron chi connectivity index (χ1n) is 8.00. The highest BCUT2D eigenvalue weighted by atomic mass is 35.5. The number of ether oxygens (including phenoxy) is 1. The number of thiophene rings is 1. The number of rotatable bonds is 5. The van der Waals surface area contributed by atoms with E-state index in [-0.39, 0.29) is 19.3 Å². The predicted octanol–water partition coefficient (Wildman–Crippen LogP) is 4.96. The van der Waals surface area contributed by atoms with Crippen LogP contribution in [0.5, 0.6) is 5.75 Å². The summed E-state index contributed by atoms with van der Waals surface area (Å²) in [6.07, 6.45) is -4.46. The lowest BCUT2D eigenvalue weighted by molar-refractivity contribution is -0.139. The molecule has 1 aromatic carbocycles. The van der Waals surface area contributed by atoms with E-state index in [1.165, 1.54) is 6.07 Å². The molecule has 1 aromatic heterocycles. The predicted molar refractivity (Wildman–Crippen MR) is 103 cm³/mol. The number of hydrogen-bond acceptors (Lipinski definition) is 5. The van der Waals surface area contributed by atoms with Crippen molar-refractivity contribution in [3.05, 3.63) is 39.2 Å². The van der Waals surface area contributed by atoms with Crippen molar-refractivity contribution in [1.82, 2.24) is 4.90 Å². The first kappa shape index (κ1) is 21.5. The van der Waals surface area contributed by atoms with Crippen molar-refractivity contribution in [2.24, 2.45) is 0 Å². The molecular weight excluding hydrogens is 460 g/mol. The normalized spacial score (nSPS) is 18.4. The summed E-state index contributed by atoms with van der Waals surface area (Å²) in [4.78, 5) is 1.94. The first-order valence-corrected chi connectivity index (χ1v) is 11.1. The smallest absolute Gasteiger partial charge is 0.419 e. The summed E-state index contributed by atoms with van der Waals surface area (Å²) >= 11 is 12.3.